The number of amides is 1. The third-order valence-electron chi connectivity index (χ3n) is 5.33. The van der Waals surface area contributed by atoms with E-state index in [9.17, 15) is 9.59 Å². The van der Waals surface area contributed by atoms with Crippen LogP contribution in [-0.4, -0.2) is 28.7 Å². The SMILES string of the molecule is COc1ccc(C)cc1C(C)NC(=O)CSCc1nc2sc3c(c2c(=O)[nH]1)CCC3. The van der Waals surface area contributed by atoms with Crippen LogP contribution in [0.25, 0.3) is 10.2 Å². The van der Waals surface area contributed by atoms with Crippen molar-refractivity contribution in [2.75, 3.05) is 12.9 Å². The number of H-pyrrole nitrogens is 1. The fourth-order valence-electron chi connectivity index (χ4n) is 3.91. The number of hydrogen-bond donors (Lipinski definition) is 2. The quantitative estimate of drug-likeness (QED) is 0.579. The van der Waals surface area contributed by atoms with Crippen molar-refractivity contribution in [3.05, 3.63) is 55.9 Å². The van der Waals surface area contributed by atoms with Crippen LogP contribution in [0.1, 0.15) is 46.8 Å². The molecule has 2 heterocycles. The molecule has 1 aliphatic carbocycles. The van der Waals surface area contributed by atoms with Crippen molar-refractivity contribution in [3.8, 4) is 5.75 Å². The number of nitrogens with one attached hydrogen (secondary N) is 2. The second-order valence-electron chi connectivity index (χ2n) is 7.58. The minimum absolute atomic E-state index is 0.0559. The largest absolute Gasteiger partial charge is 0.496 e. The van der Waals surface area contributed by atoms with Gasteiger partial charge < -0.3 is 15.0 Å². The van der Waals surface area contributed by atoms with Crippen LogP contribution in [0.2, 0.25) is 0 Å². The minimum Gasteiger partial charge on any atom is -0.496 e. The number of thioether (sulfide) groups is 1. The number of rotatable bonds is 7. The molecule has 2 N–H and O–H groups in total. The summed E-state index contributed by atoms with van der Waals surface area (Å²) in [6.07, 6.45) is 3.14. The van der Waals surface area contributed by atoms with E-state index in [0.717, 1.165) is 46.4 Å². The Kier molecular flexibility index (Phi) is 6.15. The van der Waals surface area contributed by atoms with E-state index in [1.54, 1.807) is 18.4 Å². The maximum Gasteiger partial charge on any atom is 0.259 e. The van der Waals surface area contributed by atoms with Gasteiger partial charge in [0.2, 0.25) is 5.91 Å². The molecular formula is C22H25N3O3S2. The second-order valence-corrected chi connectivity index (χ2v) is 9.65. The number of nitrogens with zero attached hydrogens (tertiary/aromatic N) is 1. The number of aromatic amines is 1. The highest BCUT2D eigenvalue weighted by molar-refractivity contribution is 7.99. The van der Waals surface area contributed by atoms with Crippen LogP contribution in [-0.2, 0) is 23.4 Å². The predicted molar refractivity (Wildman–Crippen MR) is 123 cm³/mol. The summed E-state index contributed by atoms with van der Waals surface area (Å²) in [6, 6.07) is 5.77. The third kappa shape index (κ3) is 4.25. The third-order valence-corrected chi connectivity index (χ3v) is 7.45. The van der Waals surface area contributed by atoms with Gasteiger partial charge in [-0.05, 0) is 44.7 Å². The summed E-state index contributed by atoms with van der Waals surface area (Å²) in [7, 11) is 1.63. The molecule has 0 bridgehead atoms. The number of carbonyl (C=O) groups is 1. The zero-order valence-electron chi connectivity index (χ0n) is 17.3. The van der Waals surface area contributed by atoms with Crippen LogP contribution in [0.5, 0.6) is 5.75 Å². The molecule has 0 saturated carbocycles. The zero-order chi connectivity index (χ0) is 21.3. The van der Waals surface area contributed by atoms with Crippen LogP contribution >= 0.6 is 23.1 Å². The lowest BCUT2D eigenvalue weighted by Gasteiger charge is -2.18. The molecule has 30 heavy (non-hydrogen) atoms. The summed E-state index contributed by atoms with van der Waals surface area (Å²) in [4.78, 5) is 34.6. The van der Waals surface area contributed by atoms with Gasteiger partial charge in [-0.1, -0.05) is 17.7 Å². The Hall–Kier alpha value is -2.32. The Morgan fingerprint density at radius 2 is 2.23 bits per heavy atom. The fraction of sp³-hybridized carbons (Fsp3) is 0.409. The van der Waals surface area contributed by atoms with Gasteiger partial charge >= 0.3 is 0 Å². The van der Waals surface area contributed by atoms with Crippen LogP contribution in [0, 0.1) is 6.92 Å². The highest BCUT2D eigenvalue weighted by atomic mass is 32.2. The van der Waals surface area contributed by atoms with Gasteiger partial charge in [-0.15, -0.1) is 23.1 Å². The molecule has 8 heteroatoms. The van der Waals surface area contributed by atoms with Crippen molar-refractivity contribution < 1.29 is 9.53 Å². The van der Waals surface area contributed by atoms with E-state index >= 15 is 0 Å². The number of carbonyl (C=O) groups excluding carboxylic acids is 1. The predicted octanol–water partition coefficient (Wildman–Crippen LogP) is 3.90. The van der Waals surface area contributed by atoms with Crippen LogP contribution in [0.4, 0.5) is 0 Å². The van der Waals surface area contributed by atoms with E-state index in [1.165, 1.54) is 22.2 Å². The number of benzene rings is 1. The van der Waals surface area contributed by atoms with E-state index in [0.29, 0.717) is 17.3 Å². The fourth-order valence-corrected chi connectivity index (χ4v) is 5.89. The molecule has 0 spiro atoms. The average Bonchev–Trinajstić information content (AvgIpc) is 3.28. The first-order valence-corrected chi connectivity index (χ1v) is 12.0. The zero-order valence-corrected chi connectivity index (χ0v) is 19.0. The number of aryl methyl sites for hydroxylation is 3. The van der Waals surface area contributed by atoms with E-state index in [-0.39, 0.29) is 17.5 Å². The topological polar surface area (TPSA) is 84.1 Å². The van der Waals surface area contributed by atoms with Crippen molar-refractivity contribution in [1.29, 1.82) is 0 Å². The highest BCUT2D eigenvalue weighted by Crippen LogP contribution is 2.34. The standard InChI is InChI=1S/C22H25N3O3S2/c1-12-7-8-16(28-3)15(9-12)13(2)23-19(26)11-29-10-18-24-21(27)20-14-5-4-6-17(14)30-22(20)25-18/h7-9,13H,4-6,10-11H2,1-3H3,(H,23,26)(H,24,25,27). The van der Waals surface area contributed by atoms with Crippen molar-refractivity contribution in [3.63, 3.8) is 0 Å². The molecule has 1 amide bonds. The number of hydrogen-bond acceptors (Lipinski definition) is 6. The summed E-state index contributed by atoms with van der Waals surface area (Å²) in [6.45, 7) is 3.96. The van der Waals surface area contributed by atoms with Gasteiger partial charge in [0.05, 0.1) is 30.0 Å². The Bertz CT molecular complexity index is 1150. The first kappa shape index (κ1) is 20.9. The monoisotopic (exact) mass is 443 g/mol. The van der Waals surface area contributed by atoms with Crippen LogP contribution in [0.3, 0.4) is 0 Å². The average molecular weight is 444 g/mol. The summed E-state index contributed by atoms with van der Waals surface area (Å²) in [5, 5.41) is 3.79. The van der Waals surface area contributed by atoms with Gasteiger partial charge in [-0.2, -0.15) is 0 Å². The van der Waals surface area contributed by atoms with Gasteiger partial charge in [0.1, 0.15) is 16.4 Å². The Morgan fingerprint density at radius 1 is 1.40 bits per heavy atom. The molecule has 4 rings (SSSR count). The molecular weight excluding hydrogens is 418 g/mol. The van der Waals surface area contributed by atoms with Gasteiger partial charge in [0, 0.05) is 10.4 Å². The lowest BCUT2D eigenvalue weighted by Crippen LogP contribution is -2.28. The van der Waals surface area contributed by atoms with Crippen LogP contribution < -0.4 is 15.6 Å². The number of fused-ring (bicyclic) bond motifs is 3. The molecule has 1 aliphatic rings. The molecule has 158 valence electrons. The smallest absolute Gasteiger partial charge is 0.259 e. The molecule has 1 atom stereocenters. The minimum atomic E-state index is -0.157. The van der Waals surface area contributed by atoms with E-state index in [4.69, 9.17) is 4.74 Å². The molecule has 1 aromatic carbocycles. The summed E-state index contributed by atoms with van der Waals surface area (Å²) < 4.78 is 5.41. The van der Waals surface area contributed by atoms with E-state index in [2.05, 4.69) is 15.3 Å². The lowest BCUT2D eigenvalue weighted by molar-refractivity contribution is -0.119. The van der Waals surface area contributed by atoms with Gasteiger partial charge in [0.15, 0.2) is 0 Å². The first-order valence-electron chi connectivity index (χ1n) is 10.0. The Labute approximate surface area is 183 Å². The molecule has 0 aliphatic heterocycles. The molecule has 1 unspecified atom stereocenters. The normalized spacial score (nSPS) is 14.0. The summed E-state index contributed by atoms with van der Waals surface area (Å²) in [5.41, 5.74) is 3.20. The number of aromatic nitrogens is 2. The summed E-state index contributed by atoms with van der Waals surface area (Å²) in [5.74, 6) is 2.11. The van der Waals surface area contributed by atoms with Crippen molar-refractivity contribution in [2.45, 2.75) is 44.9 Å². The number of methoxy groups -OCH3 is 1. The van der Waals surface area contributed by atoms with Crippen molar-refractivity contribution in [1.82, 2.24) is 15.3 Å². The second kappa shape index (κ2) is 8.81. The van der Waals surface area contributed by atoms with Gasteiger partial charge in [-0.25, -0.2) is 4.98 Å². The Balaban J connectivity index is 1.36. The molecule has 0 radical (unpaired) electrons. The highest BCUT2D eigenvalue weighted by Gasteiger charge is 2.21. The van der Waals surface area contributed by atoms with E-state index < -0.39 is 0 Å². The van der Waals surface area contributed by atoms with Gasteiger partial charge in [0.25, 0.3) is 5.56 Å². The van der Waals surface area contributed by atoms with Gasteiger partial charge in [-0.3, -0.25) is 9.59 Å². The summed E-state index contributed by atoms with van der Waals surface area (Å²) >= 11 is 3.08. The first-order chi connectivity index (χ1) is 14.5. The molecule has 6 nitrogen and oxygen atoms in total. The van der Waals surface area contributed by atoms with Crippen molar-refractivity contribution >= 4 is 39.2 Å². The van der Waals surface area contributed by atoms with E-state index in [1.807, 2.05) is 32.0 Å². The molecule has 2 aromatic heterocycles. The number of ether oxygens (including phenoxy) is 1. The van der Waals surface area contributed by atoms with Crippen molar-refractivity contribution in [2.24, 2.45) is 0 Å². The maximum absolute atomic E-state index is 12.5. The molecule has 0 fully saturated rings. The van der Waals surface area contributed by atoms with Crippen LogP contribution in [0.15, 0.2) is 23.0 Å². The molecule has 0 saturated heterocycles. The molecule has 3 aromatic rings. The maximum atomic E-state index is 12.5. The number of thiophene rings is 1. The lowest BCUT2D eigenvalue weighted by atomic mass is 10.0. The Morgan fingerprint density at radius 3 is 3.03 bits per heavy atom.